The monoisotopic (exact) mass is 256 g/mol. The molecular formula is C9H12N4O3S. The number of hydrogen-bond acceptors (Lipinski definition) is 5. The van der Waals surface area contributed by atoms with Crippen molar-refractivity contribution < 1.29 is 14.7 Å². The maximum atomic E-state index is 11.6. The zero-order valence-electron chi connectivity index (χ0n) is 9.14. The van der Waals surface area contributed by atoms with E-state index in [2.05, 4.69) is 20.2 Å². The number of nitrogens with zero attached hydrogens (tertiary/aromatic N) is 2. The molecule has 1 unspecified atom stereocenters. The molecule has 1 heterocycles. The number of aromatic nitrogens is 2. The van der Waals surface area contributed by atoms with Gasteiger partial charge in [-0.2, -0.15) is 0 Å². The number of amides is 2. The van der Waals surface area contributed by atoms with Crippen molar-refractivity contribution in [3.8, 4) is 0 Å². The topological polar surface area (TPSA) is 104 Å². The molecule has 1 aromatic heterocycles. The second-order valence-electron chi connectivity index (χ2n) is 4.14. The zero-order chi connectivity index (χ0) is 12.5. The number of urea groups is 1. The van der Waals surface area contributed by atoms with Crippen molar-refractivity contribution in [2.24, 2.45) is 5.92 Å². The van der Waals surface area contributed by atoms with E-state index in [1.165, 1.54) is 13.1 Å². The predicted octanol–water partition coefficient (Wildman–Crippen LogP) is 0.913. The lowest BCUT2D eigenvalue weighted by atomic mass is 9.96. The first-order chi connectivity index (χ1) is 8.02. The van der Waals surface area contributed by atoms with Gasteiger partial charge < -0.3 is 10.4 Å². The molecule has 17 heavy (non-hydrogen) atoms. The molecule has 2 rings (SSSR count). The summed E-state index contributed by atoms with van der Waals surface area (Å²) in [4.78, 5) is 22.8. The van der Waals surface area contributed by atoms with Gasteiger partial charge in [-0.1, -0.05) is 4.49 Å². The zero-order valence-corrected chi connectivity index (χ0v) is 9.95. The Labute approximate surface area is 101 Å². The van der Waals surface area contributed by atoms with Crippen LogP contribution in [0.1, 0.15) is 19.8 Å². The van der Waals surface area contributed by atoms with Crippen LogP contribution in [0.5, 0.6) is 0 Å². The Morgan fingerprint density at radius 1 is 1.59 bits per heavy atom. The fraction of sp³-hybridized carbons (Fsp3) is 0.556. The van der Waals surface area contributed by atoms with Crippen LogP contribution in [0.3, 0.4) is 0 Å². The summed E-state index contributed by atoms with van der Waals surface area (Å²) in [6.45, 7) is 1.53. The van der Waals surface area contributed by atoms with Crippen LogP contribution in [0.2, 0.25) is 0 Å². The van der Waals surface area contributed by atoms with Gasteiger partial charge >= 0.3 is 12.0 Å². The highest BCUT2D eigenvalue weighted by atomic mass is 32.1. The Balaban J connectivity index is 1.99. The molecular weight excluding hydrogens is 244 g/mol. The molecule has 92 valence electrons. The van der Waals surface area contributed by atoms with E-state index in [1.54, 1.807) is 0 Å². The van der Waals surface area contributed by atoms with E-state index in [1.807, 2.05) is 0 Å². The lowest BCUT2D eigenvalue weighted by Crippen LogP contribution is -2.55. The fourth-order valence-corrected chi connectivity index (χ4v) is 2.01. The first kappa shape index (κ1) is 11.8. The van der Waals surface area contributed by atoms with Crippen LogP contribution in [0.15, 0.2) is 6.20 Å². The Morgan fingerprint density at radius 2 is 2.29 bits per heavy atom. The molecule has 0 bridgehead atoms. The standard InChI is InChI=1S/C9H12N4O3S/c1-9(7(14)15,5-2-3-5)12-8(16)11-6-4-10-13-17-6/h4-5H,2-3H2,1H3,(H,14,15)(H2,11,12,16). The largest absolute Gasteiger partial charge is 0.480 e. The van der Waals surface area contributed by atoms with Crippen LogP contribution in [0, 0.1) is 5.92 Å². The van der Waals surface area contributed by atoms with Crippen molar-refractivity contribution >= 4 is 28.5 Å². The summed E-state index contributed by atoms with van der Waals surface area (Å²) in [6, 6.07) is -0.548. The number of hydrogen-bond donors (Lipinski definition) is 3. The molecule has 0 spiro atoms. The van der Waals surface area contributed by atoms with E-state index in [0.29, 0.717) is 5.00 Å². The third-order valence-corrected chi connectivity index (χ3v) is 3.39. The maximum Gasteiger partial charge on any atom is 0.329 e. The summed E-state index contributed by atoms with van der Waals surface area (Å²) in [7, 11) is 0. The Hall–Kier alpha value is -1.70. The van der Waals surface area contributed by atoms with Crippen LogP contribution >= 0.6 is 11.5 Å². The number of rotatable bonds is 4. The van der Waals surface area contributed by atoms with Crippen LogP contribution < -0.4 is 10.6 Å². The van der Waals surface area contributed by atoms with Crippen LogP contribution in [-0.4, -0.2) is 32.2 Å². The van der Waals surface area contributed by atoms with Crippen LogP contribution in [0.4, 0.5) is 9.80 Å². The van der Waals surface area contributed by atoms with Gasteiger partial charge in [0.1, 0.15) is 10.5 Å². The van der Waals surface area contributed by atoms with Gasteiger partial charge in [0.15, 0.2) is 0 Å². The molecule has 3 N–H and O–H groups in total. The lowest BCUT2D eigenvalue weighted by molar-refractivity contribution is -0.144. The van der Waals surface area contributed by atoms with E-state index in [4.69, 9.17) is 5.11 Å². The number of carboxylic acid groups (broad SMARTS) is 1. The number of carboxylic acids is 1. The van der Waals surface area contributed by atoms with Gasteiger partial charge in [-0.15, -0.1) is 5.10 Å². The van der Waals surface area contributed by atoms with Crippen molar-refractivity contribution in [3.63, 3.8) is 0 Å². The first-order valence-corrected chi connectivity index (χ1v) is 5.89. The molecule has 0 aromatic carbocycles. The highest BCUT2D eigenvalue weighted by Gasteiger charge is 2.48. The fourth-order valence-electron chi connectivity index (χ4n) is 1.59. The molecule has 1 aromatic rings. The number of aliphatic carboxylic acids is 1. The molecule has 1 saturated carbocycles. The smallest absolute Gasteiger partial charge is 0.329 e. The SMILES string of the molecule is CC(NC(=O)Nc1cnns1)(C(=O)O)C1CC1. The summed E-state index contributed by atoms with van der Waals surface area (Å²) in [5.41, 5.74) is -1.21. The summed E-state index contributed by atoms with van der Waals surface area (Å²) in [6.07, 6.45) is 3.05. The summed E-state index contributed by atoms with van der Waals surface area (Å²) >= 11 is 1.03. The van der Waals surface area contributed by atoms with Gasteiger partial charge in [0.25, 0.3) is 0 Å². The molecule has 1 aliphatic carbocycles. The second-order valence-corrected chi connectivity index (χ2v) is 4.93. The number of anilines is 1. The second kappa shape index (κ2) is 4.28. The van der Waals surface area contributed by atoms with Gasteiger partial charge in [0.2, 0.25) is 0 Å². The minimum Gasteiger partial charge on any atom is -0.480 e. The van der Waals surface area contributed by atoms with Crippen molar-refractivity contribution in [2.45, 2.75) is 25.3 Å². The molecule has 2 amide bonds. The van der Waals surface area contributed by atoms with Crippen molar-refractivity contribution in [1.29, 1.82) is 0 Å². The normalized spacial score (nSPS) is 18.2. The molecule has 1 fully saturated rings. The number of carbonyl (C=O) groups is 2. The average Bonchev–Trinajstić information content (AvgIpc) is 2.99. The Morgan fingerprint density at radius 3 is 2.76 bits per heavy atom. The van der Waals surface area contributed by atoms with E-state index in [0.717, 1.165) is 24.4 Å². The van der Waals surface area contributed by atoms with Crippen molar-refractivity contribution in [3.05, 3.63) is 6.20 Å². The van der Waals surface area contributed by atoms with E-state index >= 15 is 0 Å². The van der Waals surface area contributed by atoms with Crippen molar-refractivity contribution in [1.82, 2.24) is 14.9 Å². The number of carbonyl (C=O) groups excluding carboxylic acids is 1. The van der Waals surface area contributed by atoms with Gasteiger partial charge in [0, 0.05) is 11.5 Å². The summed E-state index contributed by atoms with van der Waals surface area (Å²) in [5, 5.41) is 18.2. The highest BCUT2D eigenvalue weighted by Crippen LogP contribution is 2.39. The molecule has 0 saturated heterocycles. The van der Waals surface area contributed by atoms with Crippen molar-refractivity contribution in [2.75, 3.05) is 5.32 Å². The highest BCUT2D eigenvalue weighted by molar-refractivity contribution is 7.10. The maximum absolute atomic E-state index is 11.6. The molecule has 1 atom stereocenters. The van der Waals surface area contributed by atoms with Gasteiger partial charge in [-0.05, 0) is 25.7 Å². The van der Waals surface area contributed by atoms with E-state index in [9.17, 15) is 9.59 Å². The minimum atomic E-state index is -1.21. The Kier molecular flexibility index (Phi) is 2.97. The average molecular weight is 256 g/mol. The molecule has 7 nitrogen and oxygen atoms in total. The third kappa shape index (κ3) is 2.52. The molecule has 0 aliphatic heterocycles. The van der Waals surface area contributed by atoms with Gasteiger partial charge in [0.05, 0.1) is 6.20 Å². The summed E-state index contributed by atoms with van der Waals surface area (Å²) < 4.78 is 3.59. The van der Waals surface area contributed by atoms with Crippen LogP contribution in [-0.2, 0) is 4.79 Å². The minimum absolute atomic E-state index is 0.00494. The Bertz CT molecular complexity index is 431. The van der Waals surface area contributed by atoms with Crippen LogP contribution in [0.25, 0.3) is 0 Å². The van der Waals surface area contributed by atoms with Gasteiger partial charge in [-0.3, -0.25) is 5.32 Å². The lowest BCUT2D eigenvalue weighted by Gasteiger charge is -2.25. The van der Waals surface area contributed by atoms with E-state index in [-0.39, 0.29) is 5.92 Å². The molecule has 0 radical (unpaired) electrons. The molecule has 1 aliphatic rings. The summed E-state index contributed by atoms with van der Waals surface area (Å²) in [5.74, 6) is -1.01. The number of nitrogens with one attached hydrogen (secondary N) is 2. The third-order valence-electron chi connectivity index (χ3n) is 2.81. The first-order valence-electron chi connectivity index (χ1n) is 5.12. The van der Waals surface area contributed by atoms with Gasteiger partial charge in [-0.25, -0.2) is 9.59 Å². The quantitative estimate of drug-likeness (QED) is 0.742. The van der Waals surface area contributed by atoms with E-state index < -0.39 is 17.5 Å². The molecule has 8 heteroatoms. The predicted molar refractivity (Wildman–Crippen MR) is 60.8 cm³/mol.